The summed E-state index contributed by atoms with van der Waals surface area (Å²) in [6.07, 6.45) is 0.768. The summed E-state index contributed by atoms with van der Waals surface area (Å²) in [6, 6.07) is 7.50. The van der Waals surface area contributed by atoms with Gasteiger partial charge in [0.1, 0.15) is 0 Å². The second kappa shape index (κ2) is 6.52. The van der Waals surface area contributed by atoms with E-state index in [1.807, 2.05) is 43.0 Å². The average Bonchev–Trinajstić information content (AvgIpc) is 2.85. The van der Waals surface area contributed by atoms with Gasteiger partial charge in [0.2, 0.25) is 11.8 Å². The molecule has 2 rings (SSSR count). The highest BCUT2D eigenvalue weighted by Gasteiger charge is 2.30. The number of benzene rings is 1. The zero-order valence-electron chi connectivity index (χ0n) is 12.0. The van der Waals surface area contributed by atoms with Crippen molar-refractivity contribution >= 4 is 17.5 Å². The molecule has 2 amide bonds. The largest absolute Gasteiger partial charge is 0.355 e. The molecule has 0 bridgehead atoms. The van der Waals surface area contributed by atoms with Gasteiger partial charge in [-0.05, 0) is 32.0 Å². The molecule has 0 unspecified atom stereocenters. The number of hydrogen-bond acceptors (Lipinski definition) is 3. The van der Waals surface area contributed by atoms with Crippen molar-refractivity contribution in [1.82, 2.24) is 10.2 Å². The first-order valence-corrected chi connectivity index (χ1v) is 6.98. The summed E-state index contributed by atoms with van der Waals surface area (Å²) in [6.45, 7) is 5.58. The fourth-order valence-corrected chi connectivity index (χ4v) is 2.39. The predicted octanol–water partition coefficient (Wildman–Crippen LogP) is 1.14. The fraction of sp³-hybridized carbons (Fsp3) is 0.467. The lowest BCUT2D eigenvalue weighted by atomic mass is 10.2. The number of carbonyl (C=O) groups excluding carboxylic acids is 2. The number of amides is 2. The molecule has 20 heavy (non-hydrogen) atoms. The maximum absolute atomic E-state index is 12.0. The normalized spacial score (nSPS) is 18.1. The number of aryl methyl sites for hydroxylation is 1. The Kier molecular flexibility index (Phi) is 4.74. The molecule has 1 atom stereocenters. The van der Waals surface area contributed by atoms with Gasteiger partial charge in [-0.2, -0.15) is 0 Å². The van der Waals surface area contributed by atoms with Gasteiger partial charge in [0.15, 0.2) is 0 Å². The quantitative estimate of drug-likeness (QED) is 0.847. The topological polar surface area (TPSA) is 61.4 Å². The van der Waals surface area contributed by atoms with Crippen LogP contribution in [0.15, 0.2) is 24.3 Å². The first-order chi connectivity index (χ1) is 9.60. The molecule has 1 aliphatic rings. The van der Waals surface area contributed by atoms with Crippen LogP contribution >= 0.6 is 0 Å². The monoisotopic (exact) mass is 275 g/mol. The molecule has 1 aliphatic heterocycles. The van der Waals surface area contributed by atoms with Gasteiger partial charge in [-0.1, -0.05) is 24.6 Å². The summed E-state index contributed by atoms with van der Waals surface area (Å²) < 4.78 is 0. The number of hydrogen-bond donors (Lipinski definition) is 2. The van der Waals surface area contributed by atoms with Crippen molar-refractivity contribution in [3.8, 4) is 0 Å². The number of nitrogens with one attached hydrogen (secondary N) is 2. The van der Waals surface area contributed by atoms with Gasteiger partial charge in [-0.25, -0.2) is 0 Å². The van der Waals surface area contributed by atoms with E-state index in [9.17, 15) is 9.59 Å². The van der Waals surface area contributed by atoms with E-state index in [-0.39, 0.29) is 24.4 Å². The number of rotatable bonds is 5. The lowest BCUT2D eigenvalue weighted by Crippen LogP contribution is -2.44. The van der Waals surface area contributed by atoms with Crippen LogP contribution in [0.25, 0.3) is 0 Å². The third-order valence-corrected chi connectivity index (χ3v) is 3.55. The minimum absolute atomic E-state index is 0.0231. The summed E-state index contributed by atoms with van der Waals surface area (Å²) in [5, 5.41) is 5.66. The van der Waals surface area contributed by atoms with E-state index in [4.69, 9.17) is 0 Å². The number of carbonyl (C=O) groups is 2. The SMILES string of the molecule is CCN(CC(=O)Nc1ccc(C)cc1)[C@@H]1CCNC1=O. The van der Waals surface area contributed by atoms with Crippen LogP contribution in [-0.4, -0.2) is 42.4 Å². The van der Waals surface area contributed by atoms with Gasteiger partial charge in [0.05, 0.1) is 12.6 Å². The van der Waals surface area contributed by atoms with Gasteiger partial charge in [0.25, 0.3) is 0 Å². The minimum Gasteiger partial charge on any atom is -0.355 e. The van der Waals surface area contributed by atoms with Crippen molar-refractivity contribution in [2.45, 2.75) is 26.3 Å². The van der Waals surface area contributed by atoms with Crippen molar-refractivity contribution in [1.29, 1.82) is 0 Å². The Morgan fingerprint density at radius 3 is 2.65 bits per heavy atom. The fourth-order valence-electron chi connectivity index (χ4n) is 2.39. The Bertz CT molecular complexity index is 484. The molecule has 0 spiro atoms. The standard InChI is InChI=1S/C15H21N3O2/c1-3-18(13-8-9-16-15(13)20)10-14(19)17-12-6-4-11(2)5-7-12/h4-7,13H,3,8-10H2,1-2H3,(H,16,20)(H,17,19)/t13-/m1/s1. The average molecular weight is 275 g/mol. The van der Waals surface area contributed by atoms with Crippen LogP contribution in [0.3, 0.4) is 0 Å². The van der Waals surface area contributed by atoms with Crippen LogP contribution < -0.4 is 10.6 Å². The van der Waals surface area contributed by atoms with E-state index >= 15 is 0 Å². The zero-order chi connectivity index (χ0) is 14.5. The summed E-state index contributed by atoms with van der Waals surface area (Å²) in [5.41, 5.74) is 1.94. The molecular formula is C15H21N3O2. The summed E-state index contributed by atoms with van der Waals surface area (Å²) >= 11 is 0. The summed E-state index contributed by atoms with van der Waals surface area (Å²) in [4.78, 5) is 25.6. The molecule has 1 heterocycles. The lowest BCUT2D eigenvalue weighted by Gasteiger charge is -2.24. The van der Waals surface area contributed by atoms with E-state index in [0.29, 0.717) is 13.1 Å². The maximum Gasteiger partial charge on any atom is 0.238 e. The predicted molar refractivity (Wildman–Crippen MR) is 78.5 cm³/mol. The maximum atomic E-state index is 12.0. The molecule has 0 aliphatic carbocycles. The van der Waals surface area contributed by atoms with Crippen LogP contribution in [0.5, 0.6) is 0 Å². The van der Waals surface area contributed by atoms with Crippen LogP contribution in [0, 0.1) is 6.92 Å². The van der Waals surface area contributed by atoms with E-state index in [0.717, 1.165) is 17.7 Å². The second-order valence-electron chi connectivity index (χ2n) is 5.07. The van der Waals surface area contributed by atoms with Crippen molar-refractivity contribution in [3.05, 3.63) is 29.8 Å². The highest BCUT2D eigenvalue weighted by atomic mass is 16.2. The smallest absolute Gasteiger partial charge is 0.238 e. The Labute approximate surface area is 119 Å². The summed E-state index contributed by atoms with van der Waals surface area (Å²) in [5.74, 6) is -0.0645. The third kappa shape index (κ3) is 3.57. The van der Waals surface area contributed by atoms with Crippen LogP contribution in [0.2, 0.25) is 0 Å². The molecule has 0 aromatic heterocycles. The van der Waals surface area contributed by atoms with E-state index in [1.54, 1.807) is 0 Å². The number of nitrogens with zero attached hydrogens (tertiary/aromatic N) is 1. The highest BCUT2D eigenvalue weighted by molar-refractivity contribution is 5.93. The number of anilines is 1. The Hall–Kier alpha value is -1.88. The third-order valence-electron chi connectivity index (χ3n) is 3.55. The van der Waals surface area contributed by atoms with Crippen molar-refractivity contribution < 1.29 is 9.59 Å². The molecule has 5 nitrogen and oxygen atoms in total. The molecule has 0 radical (unpaired) electrons. The first kappa shape index (κ1) is 14.5. The van der Waals surface area contributed by atoms with Crippen LogP contribution in [0.1, 0.15) is 18.9 Å². The van der Waals surface area contributed by atoms with Crippen molar-refractivity contribution in [2.75, 3.05) is 25.0 Å². The van der Waals surface area contributed by atoms with E-state index < -0.39 is 0 Å². The molecule has 108 valence electrons. The molecule has 5 heteroatoms. The first-order valence-electron chi connectivity index (χ1n) is 6.98. The van der Waals surface area contributed by atoms with Crippen molar-refractivity contribution in [3.63, 3.8) is 0 Å². The van der Waals surface area contributed by atoms with Gasteiger partial charge in [-0.15, -0.1) is 0 Å². The molecule has 2 N–H and O–H groups in total. The Morgan fingerprint density at radius 2 is 2.10 bits per heavy atom. The van der Waals surface area contributed by atoms with Crippen LogP contribution in [0.4, 0.5) is 5.69 Å². The molecular weight excluding hydrogens is 254 g/mol. The van der Waals surface area contributed by atoms with E-state index in [1.165, 1.54) is 0 Å². The van der Waals surface area contributed by atoms with Gasteiger partial charge in [-0.3, -0.25) is 14.5 Å². The molecule has 0 saturated carbocycles. The van der Waals surface area contributed by atoms with Crippen LogP contribution in [-0.2, 0) is 9.59 Å². The Balaban J connectivity index is 1.92. The van der Waals surface area contributed by atoms with Gasteiger partial charge >= 0.3 is 0 Å². The zero-order valence-corrected chi connectivity index (χ0v) is 12.0. The molecule has 1 saturated heterocycles. The van der Waals surface area contributed by atoms with Gasteiger partial charge in [0, 0.05) is 12.2 Å². The molecule has 1 fully saturated rings. The molecule has 1 aromatic rings. The number of likely N-dealkylation sites (N-methyl/N-ethyl adjacent to an activating group) is 1. The van der Waals surface area contributed by atoms with Gasteiger partial charge < -0.3 is 10.6 Å². The highest BCUT2D eigenvalue weighted by Crippen LogP contribution is 2.11. The van der Waals surface area contributed by atoms with Crippen molar-refractivity contribution in [2.24, 2.45) is 0 Å². The Morgan fingerprint density at radius 1 is 1.40 bits per heavy atom. The minimum atomic E-state index is -0.177. The van der Waals surface area contributed by atoms with E-state index in [2.05, 4.69) is 10.6 Å². The summed E-state index contributed by atoms with van der Waals surface area (Å²) in [7, 11) is 0. The second-order valence-corrected chi connectivity index (χ2v) is 5.07. The lowest BCUT2D eigenvalue weighted by molar-refractivity contribution is -0.125. The molecule has 1 aromatic carbocycles.